The number of hydrogen-bond acceptors (Lipinski definition) is 7. The lowest BCUT2D eigenvalue weighted by Gasteiger charge is -2.26. The highest BCUT2D eigenvalue weighted by Gasteiger charge is 2.16. The maximum atomic E-state index is 13.3. The number of hydrogen-bond donors (Lipinski definition) is 0. The summed E-state index contributed by atoms with van der Waals surface area (Å²) in [4.78, 5) is 25.3. The number of aromatic nitrogens is 3. The fourth-order valence-corrected chi connectivity index (χ4v) is 5.16. The van der Waals surface area contributed by atoms with Crippen LogP contribution < -0.4 is 5.56 Å². The number of rotatable bonds is 8. The van der Waals surface area contributed by atoms with Crippen molar-refractivity contribution < 1.29 is 9.15 Å². The third kappa shape index (κ3) is 5.09. The number of thioether (sulfide) groups is 1. The number of oxazole rings is 1. The van der Waals surface area contributed by atoms with Crippen molar-refractivity contribution in [3.63, 3.8) is 0 Å². The van der Waals surface area contributed by atoms with E-state index in [1.807, 2.05) is 66.1 Å². The Hall–Kier alpha value is -2.94. The van der Waals surface area contributed by atoms with Crippen LogP contribution in [0.15, 0.2) is 69.0 Å². The van der Waals surface area contributed by atoms with Crippen LogP contribution in [-0.4, -0.2) is 52.3 Å². The lowest BCUT2D eigenvalue weighted by molar-refractivity contribution is 0.0368. The summed E-state index contributed by atoms with van der Waals surface area (Å²) in [6.07, 6.45) is 0.884. The van der Waals surface area contributed by atoms with Crippen LogP contribution in [0.5, 0.6) is 0 Å². The van der Waals surface area contributed by atoms with Gasteiger partial charge in [-0.3, -0.25) is 14.3 Å². The fourth-order valence-electron chi connectivity index (χ4n) is 4.13. The average Bonchev–Trinajstić information content (AvgIpc) is 3.26. The monoisotopic (exact) mass is 476 g/mol. The second kappa shape index (κ2) is 10.5. The number of ether oxygens (including phenoxy) is 1. The third-order valence-corrected chi connectivity index (χ3v) is 7.03. The number of para-hydroxylation sites is 1. The van der Waals surface area contributed by atoms with E-state index >= 15 is 0 Å². The van der Waals surface area contributed by atoms with Gasteiger partial charge in [0.15, 0.2) is 5.16 Å². The molecule has 3 heterocycles. The Balaban J connectivity index is 1.37. The summed E-state index contributed by atoms with van der Waals surface area (Å²) in [5, 5.41) is 1.37. The van der Waals surface area contributed by atoms with Gasteiger partial charge in [-0.05, 0) is 37.6 Å². The van der Waals surface area contributed by atoms with Crippen molar-refractivity contribution in [3.8, 4) is 11.5 Å². The molecule has 4 aromatic rings. The molecular weight excluding hydrogens is 448 g/mol. The highest BCUT2D eigenvalue weighted by atomic mass is 32.2. The topological polar surface area (TPSA) is 73.4 Å². The minimum atomic E-state index is 0.0110. The number of aryl methyl sites for hydroxylation is 1. The fraction of sp³-hybridized carbons (Fsp3) is 0.346. The Morgan fingerprint density at radius 3 is 2.56 bits per heavy atom. The van der Waals surface area contributed by atoms with E-state index in [1.165, 1.54) is 11.8 Å². The summed E-state index contributed by atoms with van der Waals surface area (Å²) in [5.74, 6) is 1.98. The summed E-state index contributed by atoms with van der Waals surface area (Å²) in [6.45, 7) is 6.95. The minimum Gasteiger partial charge on any atom is -0.441 e. The maximum Gasteiger partial charge on any atom is 0.262 e. The zero-order valence-electron chi connectivity index (χ0n) is 19.3. The van der Waals surface area contributed by atoms with E-state index in [0.717, 1.165) is 61.8 Å². The molecule has 0 atom stereocenters. The van der Waals surface area contributed by atoms with Crippen molar-refractivity contribution in [2.45, 2.75) is 30.8 Å². The van der Waals surface area contributed by atoms with Crippen molar-refractivity contribution in [1.82, 2.24) is 19.4 Å². The van der Waals surface area contributed by atoms with Gasteiger partial charge in [0, 0.05) is 37.5 Å². The summed E-state index contributed by atoms with van der Waals surface area (Å²) in [7, 11) is 0. The van der Waals surface area contributed by atoms with Crippen molar-refractivity contribution in [2.24, 2.45) is 0 Å². The van der Waals surface area contributed by atoms with Gasteiger partial charge in [-0.25, -0.2) is 9.97 Å². The molecule has 0 amide bonds. The van der Waals surface area contributed by atoms with Gasteiger partial charge in [0.05, 0.1) is 29.8 Å². The highest BCUT2D eigenvalue weighted by molar-refractivity contribution is 7.98. The molecule has 1 aliphatic heterocycles. The SMILES string of the molecule is Cc1oc(-c2ccccc2)nc1CSc1nc2ccccc2c(=O)n1CCCN1CCOCC1. The standard InChI is InChI=1S/C26H28N4O3S/c1-19-23(27-24(33-19)20-8-3-2-4-9-20)18-34-26-28-22-11-6-5-10-21(22)25(31)30(26)13-7-12-29-14-16-32-17-15-29/h2-6,8-11H,7,12-18H2,1H3. The van der Waals surface area contributed by atoms with Gasteiger partial charge in [-0.2, -0.15) is 0 Å². The van der Waals surface area contributed by atoms with Gasteiger partial charge in [0.25, 0.3) is 5.56 Å². The van der Waals surface area contributed by atoms with Gasteiger partial charge >= 0.3 is 0 Å². The van der Waals surface area contributed by atoms with Crippen molar-refractivity contribution in [2.75, 3.05) is 32.8 Å². The molecule has 5 rings (SSSR count). The predicted octanol–water partition coefficient (Wildman–Crippen LogP) is 4.37. The van der Waals surface area contributed by atoms with Crippen LogP contribution in [0, 0.1) is 6.92 Å². The molecular formula is C26H28N4O3S. The molecule has 176 valence electrons. The number of fused-ring (bicyclic) bond motifs is 1. The Kier molecular flexibility index (Phi) is 7.08. The minimum absolute atomic E-state index is 0.0110. The molecule has 34 heavy (non-hydrogen) atoms. The molecule has 2 aromatic heterocycles. The quantitative estimate of drug-likeness (QED) is 0.276. The zero-order chi connectivity index (χ0) is 23.3. The van der Waals surface area contributed by atoms with Gasteiger partial charge in [-0.15, -0.1) is 0 Å². The second-order valence-corrected chi connectivity index (χ2v) is 9.29. The van der Waals surface area contributed by atoms with E-state index in [-0.39, 0.29) is 5.56 Å². The Morgan fingerprint density at radius 2 is 1.74 bits per heavy atom. The summed E-state index contributed by atoms with van der Waals surface area (Å²) in [5.41, 5.74) is 2.55. The first kappa shape index (κ1) is 22.8. The van der Waals surface area contributed by atoms with Crippen LogP contribution in [0.3, 0.4) is 0 Å². The molecule has 0 N–H and O–H groups in total. The molecule has 7 nitrogen and oxygen atoms in total. The van der Waals surface area contributed by atoms with Crippen molar-refractivity contribution in [3.05, 3.63) is 76.4 Å². The first-order valence-electron chi connectivity index (χ1n) is 11.6. The first-order valence-corrected chi connectivity index (χ1v) is 12.6. The lowest BCUT2D eigenvalue weighted by Crippen LogP contribution is -2.37. The first-order chi connectivity index (χ1) is 16.7. The van der Waals surface area contributed by atoms with E-state index in [9.17, 15) is 4.79 Å². The van der Waals surface area contributed by atoms with Crippen LogP contribution in [0.25, 0.3) is 22.4 Å². The molecule has 1 fully saturated rings. The third-order valence-electron chi connectivity index (χ3n) is 6.04. The summed E-state index contributed by atoms with van der Waals surface area (Å²) < 4.78 is 13.2. The van der Waals surface area contributed by atoms with Crippen LogP contribution in [-0.2, 0) is 17.0 Å². The smallest absolute Gasteiger partial charge is 0.262 e. The maximum absolute atomic E-state index is 13.3. The lowest BCUT2D eigenvalue weighted by atomic mass is 10.2. The Bertz CT molecular complexity index is 1310. The second-order valence-electron chi connectivity index (χ2n) is 8.35. The average molecular weight is 477 g/mol. The normalized spacial score (nSPS) is 14.6. The van der Waals surface area contributed by atoms with Gasteiger partial charge < -0.3 is 9.15 Å². The largest absolute Gasteiger partial charge is 0.441 e. The van der Waals surface area contributed by atoms with Gasteiger partial charge in [0.1, 0.15) is 5.76 Å². The van der Waals surface area contributed by atoms with Gasteiger partial charge in [-0.1, -0.05) is 42.1 Å². The predicted molar refractivity (Wildman–Crippen MR) is 134 cm³/mol. The molecule has 8 heteroatoms. The molecule has 1 saturated heterocycles. The number of morpholine rings is 1. The zero-order valence-corrected chi connectivity index (χ0v) is 20.1. The van der Waals surface area contributed by atoms with E-state index in [4.69, 9.17) is 19.1 Å². The van der Waals surface area contributed by atoms with Crippen LogP contribution in [0.2, 0.25) is 0 Å². The Morgan fingerprint density at radius 1 is 0.971 bits per heavy atom. The highest BCUT2D eigenvalue weighted by Crippen LogP contribution is 2.27. The van der Waals surface area contributed by atoms with E-state index < -0.39 is 0 Å². The Labute approximate surface area is 202 Å². The summed E-state index contributed by atoms with van der Waals surface area (Å²) >= 11 is 1.53. The summed E-state index contributed by atoms with van der Waals surface area (Å²) in [6, 6.07) is 17.4. The van der Waals surface area contributed by atoms with Crippen molar-refractivity contribution in [1.29, 1.82) is 0 Å². The molecule has 0 unspecified atom stereocenters. The van der Waals surface area contributed by atoms with Crippen LogP contribution in [0.4, 0.5) is 0 Å². The number of nitrogens with zero attached hydrogens (tertiary/aromatic N) is 4. The molecule has 1 aliphatic rings. The van der Waals surface area contributed by atoms with Gasteiger partial charge in [0.2, 0.25) is 5.89 Å². The molecule has 0 aliphatic carbocycles. The van der Waals surface area contributed by atoms with Crippen LogP contribution in [0.1, 0.15) is 17.9 Å². The molecule has 0 radical (unpaired) electrons. The molecule has 0 saturated carbocycles. The van der Waals surface area contributed by atoms with Crippen LogP contribution >= 0.6 is 11.8 Å². The molecule has 0 bridgehead atoms. The molecule has 2 aromatic carbocycles. The van der Waals surface area contributed by atoms with Crippen molar-refractivity contribution >= 4 is 22.7 Å². The van der Waals surface area contributed by atoms with E-state index in [1.54, 1.807) is 0 Å². The molecule has 0 spiro atoms. The van der Waals surface area contributed by atoms with E-state index in [2.05, 4.69) is 4.90 Å². The van der Waals surface area contributed by atoms with E-state index in [0.29, 0.717) is 28.7 Å². The number of benzene rings is 2.